The van der Waals surface area contributed by atoms with Gasteiger partial charge in [-0.25, -0.2) is 24.1 Å². The largest absolute Gasteiger partial charge is 0.468 e. The molecule has 2 aromatic rings. The number of hydrogen-bond donors (Lipinski definition) is 1. The Bertz CT molecular complexity index is 1660. The van der Waals surface area contributed by atoms with Crippen molar-refractivity contribution >= 4 is 48.7 Å². The number of aliphatic imine (C=N–C) groups is 1. The molecule has 49 heavy (non-hydrogen) atoms. The minimum absolute atomic E-state index is 0.0128. The Morgan fingerprint density at radius 1 is 1.22 bits per heavy atom. The number of anilines is 1. The van der Waals surface area contributed by atoms with E-state index in [1.807, 2.05) is 0 Å². The third-order valence-corrected chi connectivity index (χ3v) is 11.1. The number of carbonyl (C=O) groups excluding carboxylic acids is 3. The summed E-state index contributed by atoms with van der Waals surface area (Å²) in [7, 11) is -0.154. The van der Waals surface area contributed by atoms with Crippen LogP contribution in [0.15, 0.2) is 35.6 Å². The Morgan fingerprint density at radius 2 is 1.94 bits per heavy atom. The number of nitrogens with zero attached hydrogens (tertiary/aromatic N) is 4. The van der Waals surface area contributed by atoms with Crippen molar-refractivity contribution in [3.05, 3.63) is 47.7 Å². The van der Waals surface area contributed by atoms with E-state index in [2.05, 4.69) is 40.8 Å². The second-order valence-electron chi connectivity index (χ2n) is 14.4. The van der Waals surface area contributed by atoms with Gasteiger partial charge in [-0.1, -0.05) is 37.3 Å². The van der Waals surface area contributed by atoms with Crippen molar-refractivity contribution in [2.24, 2.45) is 10.9 Å². The number of fused-ring (bicyclic) bond motifs is 1. The lowest BCUT2D eigenvalue weighted by Gasteiger charge is -2.37. The van der Waals surface area contributed by atoms with Crippen LogP contribution < -0.4 is 10.1 Å². The fourth-order valence-corrected chi connectivity index (χ4v) is 7.55. The number of hydrogen-bond acceptors (Lipinski definition) is 11. The van der Waals surface area contributed by atoms with Crippen molar-refractivity contribution in [3.63, 3.8) is 0 Å². The molecule has 1 unspecified atom stereocenters. The smallest absolute Gasteiger partial charge is 0.418 e. The quantitative estimate of drug-likeness (QED) is 0.0960. The molecule has 1 aliphatic heterocycles. The summed E-state index contributed by atoms with van der Waals surface area (Å²) in [5.74, 6) is 0.355. The van der Waals surface area contributed by atoms with Crippen molar-refractivity contribution in [1.82, 2.24) is 14.9 Å². The summed E-state index contributed by atoms with van der Waals surface area (Å²) in [6.45, 7) is 15.5. The number of amides is 2. The van der Waals surface area contributed by atoms with E-state index < -0.39 is 59.8 Å². The lowest BCUT2D eigenvalue weighted by Crippen LogP contribution is -2.47. The van der Waals surface area contributed by atoms with Crippen LogP contribution in [0.4, 0.5) is 14.9 Å². The number of benzene rings is 1. The molecule has 1 aromatic heterocycles. The monoisotopic (exact) mass is 713 g/mol. The van der Waals surface area contributed by atoms with E-state index in [4.69, 9.17) is 30.4 Å². The van der Waals surface area contributed by atoms with Gasteiger partial charge >= 0.3 is 12.1 Å². The summed E-state index contributed by atoms with van der Waals surface area (Å²) < 4.78 is 37.0. The molecule has 0 spiro atoms. The third kappa shape index (κ3) is 8.97. The average Bonchev–Trinajstić information content (AvgIpc) is 3.77. The van der Waals surface area contributed by atoms with Gasteiger partial charge in [-0.2, -0.15) is 0 Å². The molecule has 1 fully saturated rings. The van der Waals surface area contributed by atoms with Gasteiger partial charge in [-0.05, 0) is 65.3 Å². The summed E-state index contributed by atoms with van der Waals surface area (Å²) >= 11 is 1.09. The fourth-order valence-electron chi connectivity index (χ4n) is 5.21. The van der Waals surface area contributed by atoms with Crippen LogP contribution in [0.25, 0.3) is 0 Å². The highest BCUT2D eigenvalue weighted by Crippen LogP contribution is 2.67. The average molecular weight is 714 g/mol. The van der Waals surface area contributed by atoms with E-state index in [9.17, 15) is 14.4 Å². The first-order valence-corrected chi connectivity index (χ1v) is 20.4. The molecule has 2 aliphatic rings. The number of aromatic nitrogens is 2. The molecule has 1 N–H and O–H groups in total. The Kier molecular flexibility index (Phi) is 11.2. The number of halogens is 1. The first-order valence-electron chi connectivity index (χ1n) is 15.8. The van der Waals surface area contributed by atoms with E-state index in [-0.39, 0.29) is 34.7 Å². The highest BCUT2D eigenvalue weighted by Gasteiger charge is 2.72. The zero-order valence-corrected chi connectivity index (χ0v) is 31.2. The number of rotatable bonds is 11. The molecule has 1 aliphatic carbocycles. The highest BCUT2D eigenvalue weighted by molar-refractivity contribution is 8.15. The number of ether oxygens (including phenoxy) is 4. The summed E-state index contributed by atoms with van der Waals surface area (Å²) in [5, 5.41) is 2.86. The van der Waals surface area contributed by atoms with Gasteiger partial charge in [0.2, 0.25) is 5.88 Å². The van der Waals surface area contributed by atoms with Crippen LogP contribution in [0.5, 0.6) is 5.88 Å². The van der Waals surface area contributed by atoms with Gasteiger partial charge in [0.25, 0.3) is 5.91 Å². The number of thioether (sulfide) groups is 1. The van der Waals surface area contributed by atoms with Crippen molar-refractivity contribution in [1.29, 1.82) is 0 Å². The SMILES string of the molecule is C#C[C@H](C)Oc1cnc(C(=O)Nc2ccc(F)c([C@@]3(C)N=C(N(COCC[Si](C)(C)C)C(=O)OC(C)(C)C)S[C@@]4(C(=O)OC)CC43)c2)cn1. The fraction of sp³-hybridized carbons (Fsp3) is 0.529. The zero-order valence-electron chi connectivity index (χ0n) is 29.4. The second kappa shape index (κ2) is 14.5. The lowest BCUT2D eigenvalue weighted by atomic mass is 9.85. The molecule has 1 saturated carbocycles. The standard InChI is InChI=1S/C34H44FN5O7SSi/c1-11-21(2)46-27-19-36-25(18-37-27)28(41)38-22-12-13-24(35)23(16-22)33(6)26-17-34(26,29(42)44-7)48-30(39-33)40(31(43)47-32(3,4)5)20-45-14-15-49(8,9)10/h1,12-13,16,18-19,21,26H,14-15,17,20H2,2-10H3,(H,38,41)/t21-,26?,33+,34-/m0/s1. The van der Waals surface area contributed by atoms with Crippen LogP contribution in [0.3, 0.4) is 0 Å². The minimum atomic E-state index is -1.44. The highest BCUT2D eigenvalue weighted by atomic mass is 32.2. The van der Waals surface area contributed by atoms with Crippen LogP contribution in [-0.2, 0) is 24.5 Å². The second-order valence-corrected chi connectivity index (χ2v) is 21.3. The lowest BCUT2D eigenvalue weighted by molar-refractivity contribution is -0.141. The molecular weight excluding hydrogens is 670 g/mol. The van der Waals surface area contributed by atoms with Crippen molar-refractivity contribution in [3.8, 4) is 18.2 Å². The first kappa shape index (κ1) is 37.8. The molecule has 4 atom stereocenters. The van der Waals surface area contributed by atoms with Gasteiger partial charge < -0.3 is 24.3 Å². The molecule has 2 amide bonds. The van der Waals surface area contributed by atoms with E-state index in [1.54, 1.807) is 34.6 Å². The number of amidine groups is 1. The van der Waals surface area contributed by atoms with Crippen LogP contribution in [-0.4, -0.2) is 83.0 Å². The molecule has 264 valence electrons. The van der Waals surface area contributed by atoms with Crippen LogP contribution >= 0.6 is 11.8 Å². The minimum Gasteiger partial charge on any atom is -0.468 e. The summed E-state index contributed by atoms with van der Waals surface area (Å²) in [6.07, 6.45) is 6.91. The van der Waals surface area contributed by atoms with Gasteiger partial charge in [0, 0.05) is 31.8 Å². The molecule has 15 heteroatoms. The Balaban J connectivity index is 1.69. The maximum absolute atomic E-state index is 15.8. The normalized spacial score (nSPS) is 22.1. The first-order chi connectivity index (χ1) is 22.8. The van der Waals surface area contributed by atoms with Gasteiger partial charge in [-0.3, -0.25) is 14.6 Å². The van der Waals surface area contributed by atoms with Gasteiger partial charge in [-0.15, -0.1) is 6.42 Å². The van der Waals surface area contributed by atoms with Gasteiger partial charge in [0.1, 0.15) is 28.6 Å². The van der Waals surface area contributed by atoms with E-state index in [0.29, 0.717) is 13.0 Å². The molecule has 12 nitrogen and oxygen atoms in total. The van der Waals surface area contributed by atoms with Crippen LogP contribution in [0.2, 0.25) is 25.7 Å². The molecule has 4 rings (SSSR count). The topological polar surface area (TPSA) is 142 Å². The van der Waals surface area contributed by atoms with Crippen molar-refractivity contribution < 1.29 is 37.7 Å². The number of esters is 1. The van der Waals surface area contributed by atoms with E-state index in [1.165, 1.54) is 42.6 Å². The maximum atomic E-state index is 15.8. The molecule has 0 radical (unpaired) electrons. The van der Waals surface area contributed by atoms with Crippen molar-refractivity contribution in [2.75, 3.05) is 25.8 Å². The van der Waals surface area contributed by atoms with Crippen LogP contribution in [0, 0.1) is 24.1 Å². The van der Waals surface area contributed by atoms with E-state index in [0.717, 1.165) is 17.8 Å². The number of methoxy groups -OCH3 is 1. The van der Waals surface area contributed by atoms with E-state index >= 15 is 4.39 Å². The Hall–Kier alpha value is -4.00. The summed E-state index contributed by atoms with van der Waals surface area (Å²) in [6, 6.07) is 4.94. The Morgan fingerprint density at radius 3 is 2.53 bits per heavy atom. The molecular formula is C34H44FN5O7SSi. The predicted molar refractivity (Wildman–Crippen MR) is 188 cm³/mol. The molecule has 0 bridgehead atoms. The van der Waals surface area contributed by atoms with Gasteiger partial charge in [0.05, 0.1) is 25.0 Å². The van der Waals surface area contributed by atoms with Crippen LogP contribution in [0.1, 0.15) is 57.1 Å². The number of carbonyl (C=O) groups is 3. The van der Waals surface area contributed by atoms with Gasteiger partial charge in [0.15, 0.2) is 11.3 Å². The van der Waals surface area contributed by atoms with Crippen molar-refractivity contribution in [2.45, 2.75) is 88.7 Å². The molecule has 0 saturated heterocycles. The number of terminal acetylenes is 1. The molecule has 1 aromatic carbocycles. The summed E-state index contributed by atoms with van der Waals surface area (Å²) in [4.78, 5) is 54.4. The summed E-state index contributed by atoms with van der Waals surface area (Å²) in [5.41, 5.74) is -1.84. The zero-order chi connectivity index (χ0) is 36.4. The third-order valence-electron chi connectivity index (χ3n) is 7.95. The number of nitrogens with one attached hydrogen (secondary N) is 1. The Labute approximate surface area is 291 Å². The maximum Gasteiger partial charge on any atom is 0.418 e. The molecule has 2 heterocycles. The predicted octanol–water partition coefficient (Wildman–Crippen LogP) is 6.07.